The molecule has 0 fully saturated rings. The molecule has 2 aromatic carbocycles. The number of aliphatic hydroxyl groups excluding tert-OH is 1. The summed E-state index contributed by atoms with van der Waals surface area (Å²) in [6.07, 6.45) is 0.594. The van der Waals surface area contributed by atoms with E-state index in [1.54, 1.807) is 12.1 Å². The van der Waals surface area contributed by atoms with Crippen LogP contribution in [0.2, 0.25) is 0 Å². The van der Waals surface area contributed by atoms with Crippen molar-refractivity contribution in [2.45, 2.75) is 24.9 Å². The van der Waals surface area contributed by atoms with Gasteiger partial charge in [0.1, 0.15) is 0 Å². The minimum Gasteiger partial charge on any atom is -0.396 e. The minimum absolute atomic E-state index is 0.00748. The highest BCUT2D eigenvalue weighted by atomic mass is 19.1. The van der Waals surface area contributed by atoms with Gasteiger partial charge in [-0.1, -0.05) is 34.5 Å². The molecule has 0 aliphatic rings. The first-order chi connectivity index (χ1) is 15.3. The highest BCUT2D eigenvalue weighted by molar-refractivity contribution is 5.34. The van der Waals surface area contributed by atoms with Gasteiger partial charge in [-0.05, 0) is 35.0 Å². The standard InChI is InChI=1S/C9H9FN4O2.C9H10N4O3/c10-6-8(12-13-11)5-7-1-3-9(4-2-7)14(15)16;10-12-11-8(6-14)5-7-1-3-9(4-2-7)13(15)16/h1-4,8H,5-6H2;1-4,8,14H,5-6H2/t2*8-/m00/s1. The van der Waals surface area contributed by atoms with Gasteiger partial charge in [-0.3, -0.25) is 24.6 Å². The number of benzene rings is 2. The molecule has 0 aliphatic carbocycles. The van der Waals surface area contributed by atoms with Crippen LogP contribution in [0.4, 0.5) is 15.8 Å². The van der Waals surface area contributed by atoms with Crippen LogP contribution in [-0.2, 0) is 12.8 Å². The average molecular weight is 446 g/mol. The molecule has 14 heteroatoms. The Bertz CT molecular complexity index is 908. The van der Waals surface area contributed by atoms with E-state index in [4.69, 9.17) is 16.2 Å². The van der Waals surface area contributed by atoms with Crippen LogP contribution in [0.5, 0.6) is 0 Å². The smallest absolute Gasteiger partial charge is 0.269 e. The molecule has 0 amide bonds. The molecule has 2 aromatic rings. The Hall–Kier alpha value is -4.25. The molecule has 0 bridgehead atoms. The molecule has 0 unspecified atom stereocenters. The monoisotopic (exact) mass is 446 g/mol. The van der Waals surface area contributed by atoms with E-state index in [-0.39, 0.29) is 24.4 Å². The van der Waals surface area contributed by atoms with Crippen molar-refractivity contribution in [3.63, 3.8) is 0 Å². The molecule has 32 heavy (non-hydrogen) atoms. The van der Waals surface area contributed by atoms with Crippen molar-refractivity contribution in [2.75, 3.05) is 13.3 Å². The van der Waals surface area contributed by atoms with Gasteiger partial charge < -0.3 is 5.11 Å². The fourth-order valence-corrected chi connectivity index (χ4v) is 2.47. The molecule has 0 radical (unpaired) electrons. The first-order valence-electron chi connectivity index (χ1n) is 9.06. The lowest BCUT2D eigenvalue weighted by Crippen LogP contribution is -2.12. The number of azide groups is 2. The Morgan fingerprint density at radius 1 is 0.844 bits per heavy atom. The predicted octanol–water partition coefficient (Wildman–Crippen LogP) is 4.59. The maximum Gasteiger partial charge on any atom is 0.269 e. The largest absolute Gasteiger partial charge is 0.396 e. The fourth-order valence-electron chi connectivity index (χ4n) is 2.47. The second kappa shape index (κ2) is 13.9. The van der Waals surface area contributed by atoms with Crippen LogP contribution in [0.1, 0.15) is 11.1 Å². The van der Waals surface area contributed by atoms with Gasteiger partial charge in [-0.2, -0.15) is 0 Å². The molecule has 0 saturated carbocycles. The van der Waals surface area contributed by atoms with Gasteiger partial charge in [0.05, 0.1) is 35.2 Å². The average Bonchev–Trinajstić information content (AvgIpc) is 2.79. The maximum absolute atomic E-state index is 12.4. The number of hydrogen-bond donors (Lipinski definition) is 1. The van der Waals surface area contributed by atoms with Crippen molar-refractivity contribution in [2.24, 2.45) is 10.2 Å². The lowest BCUT2D eigenvalue weighted by molar-refractivity contribution is -0.385. The minimum atomic E-state index is -0.758. The first-order valence-corrected chi connectivity index (χ1v) is 9.06. The van der Waals surface area contributed by atoms with E-state index in [1.807, 2.05) is 0 Å². The summed E-state index contributed by atoms with van der Waals surface area (Å²) in [6.45, 7) is -0.998. The summed E-state index contributed by atoms with van der Waals surface area (Å²) in [7, 11) is 0. The van der Waals surface area contributed by atoms with Gasteiger partial charge in [0.2, 0.25) is 0 Å². The number of hydrogen-bond acceptors (Lipinski definition) is 7. The highest BCUT2D eigenvalue weighted by Crippen LogP contribution is 2.15. The van der Waals surface area contributed by atoms with E-state index >= 15 is 0 Å². The van der Waals surface area contributed by atoms with E-state index in [0.29, 0.717) is 12.0 Å². The quantitative estimate of drug-likeness (QED) is 0.182. The summed E-state index contributed by atoms with van der Waals surface area (Å²) >= 11 is 0. The van der Waals surface area contributed by atoms with Crippen LogP contribution >= 0.6 is 0 Å². The van der Waals surface area contributed by atoms with Crippen molar-refractivity contribution in [1.29, 1.82) is 0 Å². The number of nitro benzene ring substituents is 2. The third kappa shape index (κ3) is 9.05. The third-order valence-corrected chi connectivity index (χ3v) is 4.06. The number of alkyl halides is 1. The zero-order valence-electron chi connectivity index (χ0n) is 16.6. The van der Waals surface area contributed by atoms with E-state index in [2.05, 4.69) is 20.1 Å². The number of nitro groups is 2. The number of nitrogens with zero attached hydrogens (tertiary/aromatic N) is 8. The van der Waals surface area contributed by atoms with Crippen LogP contribution in [0.3, 0.4) is 0 Å². The summed E-state index contributed by atoms with van der Waals surface area (Å²) in [4.78, 5) is 24.9. The molecule has 0 spiro atoms. The first kappa shape index (κ1) is 25.8. The molecule has 13 nitrogen and oxygen atoms in total. The van der Waals surface area contributed by atoms with E-state index in [9.17, 15) is 24.6 Å². The lowest BCUT2D eigenvalue weighted by Gasteiger charge is -2.06. The summed E-state index contributed by atoms with van der Waals surface area (Å²) < 4.78 is 12.4. The normalized spacial score (nSPS) is 11.6. The summed E-state index contributed by atoms with van der Waals surface area (Å²) in [5.41, 5.74) is 17.8. The molecule has 1 N–H and O–H groups in total. The molecular formula is C18H19FN8O5. The maximum atomic E-state index is 12.4. The van der Waals surface area contributed by atoms with Crippen LogP contribution < -0.4 is 0 Å². The Balaban J connectivity index is 0.000000320. The number of non-ortho nitro benzene ring substituents is 2. The summed E-state index contributed by atoms with van der Waals surface area (Å²) in [5, 5.41) is 36.3. The van der Waals surface area contributed by atoms with E-state index in [0.717, 1.165) is 5.56 Å². The second-order valence-corrected chi connectivity index (χ2v) is 6.31. The van der Waals surface area contributed by atoms with Gasteiger partial charge >= 0.3 is 0 Å². The molecular weight excluding hydrogens is 427 g/mol. The van der Waals surface area contributed by atoms with Gasteiger partial charge in [0, 0.05) is 34.1 Å². The molecule has 0 saturated heterocycles. The molecule has 168 valence electrons. The second-order valence-electron chi connectivity index (χ2n) is 6.31. The summed E-state index contributed by atoms with van der Waals surface area (Å²) in [6, 6.07) is 10.3. The third-order valence-electron chi connectivity index (χ3n) is 4.06. The zero-order valence-corrected chi connectivity index (χ0v) is 16.6. The predicted molar refractivity (Wildman–Crippen MR) is 113 cm³/mol. The molecule has 2 rings (SSSR count). The number of aliphatic hydroxyl groups is 1. The van der Waals surface area contributed by atoms with Gasteiger partial charge in [0.15, 0.2) is 0 Å². The molecule has 0 heterocycles. The van der Waals surface area contributed by atoms with E-state index in [1.165, 1.54) is 36.4 Å². The molecule has 0 aliphatic heterocycles. The molecule has 2 atom stereocenters. The van der Waals surface area contributed by atoms with Gasteiger partial charge in [-0.15, -0.1) is 0 Å². The highest BCUT2D eigenvalue weighted by Gasteiger charge is 2.10. The fraction of sp³-hybridized carbons (Fsp3) is 0.333. The topological polar surface area (TPSA) is 204 Å². The Kier molecular flexibility index (Phi) is 11.2. The van der Waals surface area contributed by atoms with Crippen molar-refractivity contribution < 1.29 is 19.3 Å². The van der Waals surface area contributed by atoms with Crippen molar-refractivity contribution >= 4 is 11.4 Å². The van der Waals surface area contributed by atoms with Crippen molar-refractivity contribution in [1.82, 2.24) is 0 Å². The van der Waals surface area contributed by atoms with Crippen LogP contribution in [-0.4, -0.2) is 40.3 Å². The number of halogens is 1. The van der Waals surface area contributed by atoms with Crippen LogP contribution in [0.25, 0.3) is 20.9 Å². The van der Waals surface area contributed by atoms with E-state index < -0.39 is 28.6 Å². The Morgan fingerprint density at radius 2 is 1.22 bits per heavy atom. The zero-order chi connectivity index (χ0) is 23.9. The number of rotatable bonds is 10. The summed E-state index contributed by atoms with van der Waals surface area (Å²) in [5.74, 6) is 0. The Labute approximate surface area is 180 Å². The van der Waals surface area contributed by atoms with Crippen molar-refractivity contribution in [3.8, 4) is 0 Å². The van der Waals surface area contributed by atoms with Gasteiger partial charge in [-0.25, -0.2) is 0 Å². The Morgan fingerprint density at radius 3 is 1.53 bits per heavy atom. The lowest BCUT2D eigenvalue weighted by atomic mass is 10.1. The van der Waals surface area contributed by atoms with Gasteiger partial charge in [0.25, 0.3) is 11.4 Å². The van der Waals surface area contributed by atoms with Crippen LogP contribution in [0.15, 0.2) is 58.8 Å². The van der Waals surface area contributed by atoms with Crippen LogP contribution in [0, 0.1) is 20.2 Å². The van der Waals surface area contributed by atoms with Crippen molar-refractivity contribution in [3.05, 3.63) is 101 Å². The molecule has 0 aromatic heterocycles. The SMILES string of the molecule is [N-]=[N+]=N[C@H](CF)Cc1ccc([N+](=O)[O-])cc1.[N-]=[N+]=N[C@H](CO)Cc1ccc([N+](=O)[O-])cc1.